The Kier molecular flexibility index (Phi) is 6.38. The first kappa shape index (κ1) is 14.3. The highest BCUT2D eigenvalue weighted by Crippen LogP contribution is 2.25. The van der Waals surface area contributed by atoms with E-state index >= 15 is 0 Å². The van der Waals surface area contributed by atoms with Crippen LogP contribution in [-0.2, 0) is 11.2 Å². The number of aryl methyl sites for hydroxylation is 2. The van der Waals surface area contributed by atoms with Crippen molar-refractivity contribution in [2.24, 2.45) is 0 Å². The highest BCUT2D eigenvalue weighted by atomic mass is 35.5. The summed E-state index contributed by atoms with van der Waals surface area (Å²) in [5, 5.41) is 0. The molecule has 0 atom stereocenters. The van der Waals surface area contributed by atoms with E-state index in [4.69, 9.17) is 21.1 Å². The lowest BCUT2D eigenvalue weighted by molar-refractivity contribution is 0.151. The number of hydrogen-bond donors (Lipinski definition) is 0. The molecule has 0 spiro atoms. The molecule has 96 valence electrons. The largest absolute Gasteiger partial charge is 0.492 e. The first-order valence-corrected chi connectivity index (χ1v) is 6.59. The molecule has 0 aliphatic rings. The van der Waals surface area contributed by atoms with Crippen LogP contribution in [0.15, 0.2) is 12.1 Å². The molecule has 0 bridgehead atoms. The number of benzene rings is 1. The Hall–Kier alpha value is -0.730. The monoisotopic (exact) mass is 256 g/mol. The molecular formula is C14H21ClO2. The summed E-state index contributed by atoms with van der Waals surface area (Å²) in [7, 11) is 0. The van der Waals surface area contributed by atoms with Gasteiger partial charge in [0.25, 0.3) is 0 Å². The van der Waals surface area contributed by atoms with Gasteiger partial charge in [0.05, 0.1) is 12.5 Å². The number of halogens is 1. The van der Waals surface area contributed by atoms with E-state index in [0.717, 1.165) is 25.4 Å². The number of hydrogen-bond acceptors (Lipinski definition) is 2. The van der Waals surface area contributed by atoms with Crippen molar-refractivity contribution in [3.8, 4) is 5.75 Å². The Bertz CT molecular complexity index is 327. The lowest BCUT2D eigenvalue weighted by Crippen LogP contribution is -2.03. The van der Waals surface area contributed by atoms with Crippen molar-refractivity contribution in [3.63, 3.8) is 0 Å². The minimum absolute atomic E-state index is 0.519. The molecule has 3 heteroatoms. The van der Waals surface area contributed by atoms with Crippen LogP contribution in [0.25, 0.3) is 0 Å². The van der Waals surface area contributed by atoms with Crippen molar-refractivity contribution in [1.82, 2.24) is 0 Å². The SMILES string of the molecule is CCOCCc1cc(C)c(OCCCl)c(C)c1. The van der Waals surface area contributed by atoms with Gasteiger partial charge >= 0.3 is 0 Å². The first-order chi connectivity index (χ1) is 8.19. The van der Waals surface area contributed by atoms with E-state index in [1.165, 1.54) is 16.7 Å². The Morgan fingerprint density at radius 3 is 2.29 bits per heavy atom. The van der Waals surface area contributed by atoms with Crippen LogP contribution >= 0.6 is 11.6 Å². The Morgan fingerprint density at radius 1 is 1.12 bits per heavy atom. The van der Waals surface area contributed by atoms with E-state index in [1.807, 2.05) is 6.92 Å². The minimum atomic E-state index is 0.519. The maximum Gasteiger partial charge on any atom is 0.125 e. The van der Waals surface area contributed by atoms with Crippen LogP contribution < -0.4 is 4.74 Å². The quantitative estimate of drug-likeness (QED) is 0.549. The van der Waals surface area contributed by atoms with Gasteiger partial charge in [-0.15, -0.1) is 11.6 Å². The third-order valence-corrected chi connectivity index (χ3v) is 2.74. The fraction of sp³-hybridized carbons (Fsp3) is 0.571. The van der Waals surface area contributed by atoms with Crippen molar-refractivity contribution in [2.75, 3.05) is 25.7 Å². The Morgan fingerprint density at radius 2 is 1.76 bits per heavy atom. The molecule has 0 saturated heterocycles. The summed E-state index contributed by atoms with van der Waals surface area (Å²) in [6.07, 6.45) is 0.950. The second kappa shape index (κ2) is 7.57. The molecule has 0 radical (unpaired) electrons. The van der Waals surface area contributed by atoms with Gasteiger partial charge in [-0.1, -0.05) is 12.1 Å². The van der Waals surface area contributed by atoms with Crippen LogP contribution in [0.2, 0.25) is 0 Å². The van der Waals surface area contributed by atoms with Gasteiger partial charge in [0, 0.05) is 6.61 Å². The molecule has 0 heterocycles. The second-order valence-corrected chi connectivity index (χ2v) is 4.42. The Balaban J connectivity index is 2.71. The fourth-order valence-corrected chi connectivity index (χ4v) is 1.96. The summed E-state index contributed by atoms with van der Waals surface area (Å²) in [6.45, 7) is 8.26. The van der Waals surface area contributed by atoms with E-state index < -0.39 is 0 Å². The van der Waals surface area contributed by atoms with E-state index in [1.54, 1.807) is 0 Å². The van der Waals surface area contributed by atoms with Crippen LogP contribution in [0.1, 0.15) is 23.6 Å². The predicted octanol–water partition coefficient (Wildman–Crippen LogP) is 3.50. The lowest BCUT2D eigenvalue weighted by atomic mass is 10.0. The van der Waals surface area contributed by atoms with Crippen molar-refractivity contribution >= 4 is 11.6 Å². The van der Waals surface area contributed by atoms with Crippen molar-refractivity contribution < 1.29 is 9.47 Å². The number of rotatable bonds is 7. The van der Waals surface area contributed by atoms with E-state index in [0.29, 0.717) is 12.5 Å². The molecule has 0 unspecified atom stereocenters. The highest BCUT2D eigenvalue weighted by Gasteiger charge is 2.06. The summed E-state index contributed by atoms with van der Waals surface area (Å²) in [5.74, 6) is 1.48. The van der Waals surface area contributed by atoms with Gasteiger partial charge in [-0.05, 0) is 43.9 Å². The van der Waals surface area contributed by atoms with Gasteiger partial charge in [0.2, 0.25) is 0 Å². The summed E-state index contributed by atoms with van der Waals surface area (Å²) >= 11 is 5.63. The average molecular weight is 257 g/mol. The molecule has 2 nitrogen and oxygen atoms in total. The normalized spacial score (nSPS) is 10.6. The molecule has 1 aromatic rings. The molecular weight excluding hydrogens is 236 g/mol. The molecule has 0 fully saturated rings. The Labute approximate surface area is 109 Å². The van der Waals surface area contributed by atoms with Crippen LogP contribution in [0.5, 0.6) is 5.75 Å². The van der Waals surface area contributed by atoms with Gasteiger partial charge in [0.15, 0.2) is 0 Å². The third kappa shape index (κ3) is 4.57. The van der Waals surface area contributed by atoms with Crippen molar-refractivity contribution in [2.45, 2.75) is 27.2 Å². The second-order valence-electron chi connectivity index (χ2n) is 4.04. The van der Waals surface area contributed by atoms with Crippen LogP contribution in [0.4, 0.5) is 0 Å². The molecule has 1 aromatic carbocycles. The fourth-order valence-electron chi connectivity index (χ4n) is 1.89. The average Bonchev–Trinajstić information content (AvgIpc) is 2.28. The van der Waals surface area contributed by atoms with Gasteiger partial charge < -0.3 is 9.47 Å². The molecule has 0 aliphatic carbocycles. The molecule has 1 rings (SSSR count). The maximum atomic E-state index is 5.63. The summed E-state index contributed by atoms with van der Waals surface area (Å²) in [6, 6.07) is 4.32. The summed E-state index contributed by atoms with van der Waals surface area (Å²) in [4.78, 5) is 0. The zero-order chi connectivity index (χ0) is 12.7. The molecule has 0 N–H and O–H groups in total. The minimum Gasteiger partial charge on any atom is -0.492 e. The third-order valence-electron chi connectivity index (χ3n) is 2.58. The molecule has 0 aromatic heterocycles. The maximum absolute atomic E-state index is 5.63. The topological polar surface area (TPSA) is 18.5 Å². The summed E-state index contributed by atoms with van der Waals surface area (Å²) < 4.78 is 11.0. The lowest BCUT2D eigenvalue weighted by Gasteiger charge is -2.13. The van der Waals surface area contributed by atoms with Gasteiger partial charge in [0.1, 0.15) is 12.4 Å². The van der Waals surface area contributed by atoms with Crippen molar-refractivity contribution in [3.05, 3.63) is 28.8 Å². The van der Waals surface area contributed by atoms with Crippen molar-refractivity contribution in [1.29, 1.82) is 0 Å². The van der Waals surface area contributed by atoms with Crippen LogP contribution in [-0.4, -0.2) is 25.7 Å². The first-order valence-electron chi connectivity index (χ1n) is 6.05. The van der Waals surface area contributed by atoms with Crippen LogP contribution in [0, 0.1) is 13.8 Å². The van der Waals surface area contributed by atoms with Crippen LogP contribution in [0.3, 0.4) is 0 Å². The zero-order valence-corrected chi connectivity index (χ0v) is 11.6. The molecule has 17 heavy (non-hydrogen) atoms. The predicted molar refractivity (Wildman–Crippen MR) is 72.3 cm³/mol. The molecule has 0 aliphatic heterocycles. The highest BCUT2D eigenvalue weighted by molar-refractivity contribution is 6.18. The zero-order valence-electron chi connectivity index (χ0n) is 10.9. The van der Waals surface area contributed by atoms with E-state index in [-0.39, 0.29) is 0 Å². The summed E-state index contributed by atoms with van der Waals surface area (Å²) in [5.41, 5.74) is 3.63. The number of alkyl halides is 1. The smallest absolute Gasteiger partial charge is 0.125 e. The molecule has 0 saturated carbocycles. The number of ether oxygens (including phenoxy) is 2. The van der Waals surface area contributed by atoms with Gasteiger partial charge in [-0.25, -0.2) is 0 Å². The van der Waals surface area contributed by atoms with E-state index in [2.05, 4.69) is 26.0 Å². The standard InChI is InChI=1S/C14H21ClO2/c1-4-16-7-5-13-9-11(2)14(12(3)10-13)17-8-6-15/h9-10H,4-8H2,1-3H3. The molecule has 0 amide bonds. The van der Waals surface area contributed by atoms with Gasteiger partial charge in [-0.2, -0.15) is 0 Å². The van der Waals surface area contributed by atoms with E-state index in [9.17, 15) is 0 Å². The van der Waals surface area contributed by atoms with Gasteiger partial charge in [-0.3, -0.25) is 0 Å².